The first-order valence-corrected chi connectivity index (χ1v) is 7.23. The third-order valence-corrected chi connectivity index (χ3v) is 4.33. The van der Waals surface area contributed by atoms with Gasteiger partial charge in [0.2, 0.25) is 0 Å². The molecule has 6 nitrogen and oxygen atoms in total. The Morgan fingerprint density at radius 3 is 3.19 bits per heavy atom. The van der Waals surface area contributed by atoms with Gasteiger partial charge in [0.1, 0.15) is 0 Å². The number of rotatable bonds is 3. The zero-order valence-electron chi connectivity index (χ0n) is 11.9. The summed E-state index contributed by atoms with van der Waals surface area (Å²) in [4.78, 5) is 3.09. The summed E-state index contributed by atoms with van der Waals surface area (Å²) in [5, 5.41) is 13.8. The van der Waals surface area contributed by atoms with Gasteiger partial charge in [0, 0.05) is 36.0 Å². The molecule has 108 valence electrons. The SMILES string of the molecule is COC1CCCC1n1cc(-c2cnnc3[nH]ccc23)cn1. The van der Waals surface area contributed by atoms with E-state index < -0.39 is 0 Å². The zero-order chi connectivity index (χ0) is 14.2. The zero-order valence-corrected chi connectivity index (χ0v) is 11.9. The molecule has 1 fully saturated rings. The molecule has 1 N–H and O–H groups in total. The number of fused-ring (bicyclic) bond motifs is 1. The standard InChI is InChI=1S/C15H17N5O/c1-21-14-4-2-3-13(14)20-9-10(7-18-20)12-8-17-19-15-11(12)5-6-16-15/h5-9,13-14H,2-4H2,1H3,(H,16,19). The molecule has 3 aromatic heterocycles. The highest BCUT2D eigenvalue weighted by Crippen LogP contribution is 2.33. The van der Waals surface area contributed by atoms with Crippen molar-refractivity contribution in [2.24, 2.45) is 0 Å². The van der Waals surface area contributed by atoms with Crippen LogP contribution in [0.5, 0.6) is 0 Å². The summed E-state index contributed by atoms with van der Waals surface area (Å²) in [7, 11) is 1.78. The lowest BCUT2D eigenvalue weighted by Crippen LogP contribution is -2.20. The first kappa shape index (κ1) is 12.5. The molecule has 2 atom stereocenters. The van der Waals surface area contributed by atoms with E-state index in [2.05, 4.69) is 26.5 Å². The van der Waals surface area contributed by atoms with Crippen molar-refractivity contribution in [2.45, 2.75) is 31.4 Å². The van der Waals surface area contributed by atoms with E-state index in [1.807, 2.05) is 23.1 Å². The lowest BCUT2D eigenvalue weighted by atomic mass is 10.1. The van der Waals surface area contributed by atoms with Crippen molar-refractivity contribution in [1.29, 1.82) is 0 Å². The van der Waals surface area contributed by atoms with Crippen LogP contribution in [0.2, 0.25) is 0 Å². The van der Waals surface area contributed by atoms with E-state index in [0.29, 0.717) is 6.04 Å². The van der Waals surface area contributed by atoms with Crippen molar-refractivity contribution in [3.05, 3.63) is 30.9 Å². The van der Waals surface area contributed by atoms with Crippen LogP contribution in [0.15, 0.2) is 30.9 Å². The van der Waals surface area contributed by atoms with Gasteiger partial charge in [-0.3, -0.25) is 4.68 Å². The largest absolute Gasteiger partial charge is 0.379 e. The molecule has 4 rings (SSSR count). The molecule has 1 saturated carbocycles. The molecule has 3 aromatic rings. The van der Waals surface area contributed by atoms with Gasteiger partial charge in [0.05, 0.1) is 24.5 Å². The molecule has 0 radical (unpaired) electrons. The fourth-order valence-electron chi connectivity index (χ4n) is 3.25. The van der Waals surface area contributed by atoms with Crippen molar-refractivity contribution < 1.29 is 4.74 Å². The maximum Gasteiger partial charge on any atom is 0.160 e. The van der Waals surface area contributed by atoms with E-state index in [-0.39, 0.29) is 6.10 Å². The lowest BCUT2D eigenvalue weighted by Gasteiger charge is -2.18. The number of H-pyrrole nitrogens is 1. The maximum atomic E-state index is 5.56. The van der Waals surface area contributed by atoms with Crippen molar-refractivity contribution in [1.82, 2.24) is 25.0 Å². The molecular weight excluding hydrogens is 266 g/mol. The minimum atomic E-state index is 0.264. The average Bonchev–Trinajstić information content (AvgIpc) is 3.24. The van der Waals surface area contributed by atoms with Gasteiger partial charge in [0.15, 0.2) is 5.65 Å². The topological polar surface area (TPSA) is 68.6 Å². The van der Waals surface area contributed by atoms with Crippen LogP contribution in [0.4, 0.5) is 0 Å². The van der Waals surface area contributed by atoms with Crippen molar-refractivity contribution in [3.8, 4) is 11.1 Å². The Bertz CT molecular complexity index is 762. The Balaban J connectivity index is 1.73. The van der Waals surface area contributed by atoms with Gasteiger partial charge in [0.25, 0.3) is 0 Å². The summed E-state index contributed by atoms with van der Waals surface area (Å²) < 4.78 is 7.60. The average molecular weight is 283 g/mol. The van der Waals surface area contributed by atoms with Crippen LogP contribution in [0.3, 0.4) is 0 Å². The Morgan fingerprint density at radius 2 is 2.29 bits per heavy atom. The minimum absolute atomic E-state index is 0.264. The van der Waals surface area contributed by atoms with E-state index in [0.717, 1.165) is 35.0 Å². The summed E-state index contributed by atoms with van der Waals surface area (Å²) >= 11 is 0. The molecule has 0 aromatic carbocycles. The Kier molecular flexibility index (Phi) is 2.96. The quantitative estimate of drug-likeness (QED) is 0.802. The van der Waals surface area contributed by atoms with Gasteiger partial charge in [-0.1, -0.05) is 0 Å². The number of hydrogen-bond donors (Lipinski definition) is 1. The summed E-state index contributed by atoms with van der Waals surface area (Å²) in [5.41, 5.74) is 2.92. The summed E-state index contributed by atoms with van der Waals surface area (Å²) in [6, 6.07) is 2.35. The molecule has 0 spiro atoms. The van der Waals surface area contributed by atoms with E-state index in [1.54, 1.807) is 13.3 Å². The van der Waals surface area contributed by atoms with Gasteiger partial charge in [-0.15, -0.1) is 5.10 Å². The summed E-state index contributed by atoms with van der Waals surface area (Å²) in [6.07, 6.45) is 11.3. The summed E-state index contributed by atoms with van der Waals surface area (Å²) in [5.74, 6) is 0. The lowest BCUT2D eigenvalue weighted by molar-refractivity contribution is 0.0709. The first-order chi connectivity index (χ1) is 10.4. The van der Waals surface area contributed by atoms with Crippen molar-refractivity contribution in [3.63, 3.8) is 0 Å². The van der Waals surface area contributed by atoms with Gasteiger partial charge in [-0.25, -0.2) is 0 Å². The molecule has 0 saturated heterocycles. The van der Waals surface area contributed by atoms with Crippen LogP contribution in [0, 0.1) is 0 Å². The predicted octanol–water partition coefficient (Wildman–Crippen LogP) is 2.56. The molecule has 6 heteroatoms. The monoisotopic (exact) mass is 283 g/mol. The molecule has 0 amide bonds. The number of aromatic nitrogens is 5. The van der Waals surface area contributed by atoms with Crippen LogP contribution in [-0.4, -0.2) is 38.2 Å². The number of hydrogen-bond acceptors (Lipinski definition) is 4. The Labute approximate surface area is 122 Å². The van der Waals surface area contributed by atoms with Crippen LogP contribution >= 0.6 is 0 Å². The number of methoxy groups -OCH3 is 1. The second kappa shape index (κ2) is 4.96. The van der Waals surface area contributed by atoms with Crippen LogP contribution < -0.4 is 0 Å². The number of aromatic amines is 1. The fourth-order valence-corrected chi connectivity index (χ4v) is 3.25. The third-order valence-electron chi connectivity index (χ3n) is 4.33. The molecular formula is C15H17N5O. The van der Waals surface area contributed by atoms with Gasteiger partial charge < -0.3 is 9.72 Å². The second-order valence-corrected chi connectivity index (χ2v) is 5.48. The Morgan fingerprint density at radius 1 is 1.33 bits per heavy atom. The number of ether oxygens (including phenoxy) is 1. The Hall–Kier alpha value is -2.21. The highest BCUT2D eigenvalue weighted by atomic mass is 16.5. The number of nitrogens with zero attached hydrogens (tertiary/aromatic N) is 4. The predicted molar refractivity (Wildman–Crippen MR) is 78.8 cm³/mol. The van der Waals surface area contributed by atoms with Crippen molar-refractivity contribution >= 4 is 11.0 Å². The first-order valence-electron chi connectivity index (χ1n) is 7.23. The molecule has 1 aliphatic rings. The molecule has 3 heterocycles. The third kappa shape index (κ3) is 2.03. The molecule has 0 bridgehead atoms. The highest BCUT2D eigenvalue weighted by molar-refractivity contribution is 5.91. The maximum absolute atomic E-state index is 5.56. The van der Waals surface area contributed by atoms with Crippen LogP contribution in [-0.2, 0) is 4.74 Å². The molecule has 2 unspecified atom stereocenters. The molecule has 1 aliphatic carbocycles. The number of nitrogens with one attached hydrogen (secondary N) is 1. The summed E-state index contributed by atoms with van der Waals surface area (Å²) in [6.45, 7) is 0. The fraction of sp³-hybridized carbons (Fsp3) is 0.400. The van der Waals surface area contributed by atoms with E-state index in [1.165, 1.54) is 6.42 Å². The molecule has 21 heavy (non-hydrogen) atoms. The van der Waals surface area contributed by atoms with E-state index >= 15 is 0 Å². The minimum Gasteiger partial charge on any atom is -0.379 e. The van der Waals surface area contributed by atoms with Gasteiger partial charge in [-0.2, -0.15) is 10.2 Å². The second-order valence-electron chi connectivity index (χ2n) is 5.48. The van der Waals surface area contributed by atoms with Crippen molar-refractivity contribution in [2.75, 3.05) is 7.11 Å². The van der Waals surface area contributed by atoms with E-state index in [9.17, 15) is 0 Å². The highest BCUT2D eigenvalue weighted by Gasteiger charge is 2.29. The van der Waals surface area contributed by atoms with Crippen LogP contribution in [0.25, 0.3) is 22.2 Å². The molecule has 0 aliphatic heterocycles. The normalized spacial score (nSPS) is 22.1. The van der Waals surface area contributed by atoms with Crippen LogP contribution in [0.1, 0.15) is 25.3 Å². The van der Waals surface area contributed by atoms with Gasteiger partial charge in [-0.05, 0) is 25.3 Å². The smallest absolute Gasteiger partial charge is 0.160 e. The van der Waals surface area contributed by atoms with E-state index in [4.69, 9.17) is 4.74 Å². The van der Waals surface area contributed by atoms with Gasteiger partial charge >= 0.3 is 0 Å².